The van der Waals surface area contributed by atoms with Gasteiger partial charge >= 0.3 is 0 Å². The molecule has 106 valence electrons. The van der Waals surface area contributed by atoms with Crippen molar-refractivity contribution in [1.29, 1.82) is 0 Å². The first-order valence-electron chi connectivity index (χ1n) is 6.39. The molecule has 0 bridgehead atoms. The molecule has 1 heterocycles. The summed E-state index contributed by atoms with van der Waals surface area (Å²) >= 11 is 0. The Kier molecular flexibility index (Phi) is 5.92. The van der Waals surface area contributed by atoms with Gasteiger partial charge in [0.25, 0.3) is 6.01 Å². The molecule has 0 atom stereocenters. The molecule has 0 aromatic carbocycles. The van der Waals surface area contributed by atoms with E-state index >= 15 is 0 Å². The van der Waals surface area contributed by atoms with Gasteiger partial charge in [0.05, 0.1) is 18.6 Å². The van der Waals surface area contributed by atoms with Crippen molar-refractivity contribution < 1.29 is 4.74 Å². The van der Waals surface area contributed by atoms with Crippen LogP contribution in [0.25, 0.3) is 0 Å². The molecule has 0 amide bonds. The van der Waals surface area contributed by atoms with E-state index in [0.717, 1.165) is 30.8 Å². The number of aliphatic imine (C=N–C) groups is 1. The number of aromatic amines is 1. The lowest BCUT2D eigenvalue weighted by atomic mass is 10.3. The van der Waals surface area contributed by atoms with Crippen molar-refractivity contribution in [2.24, 2.45) is 4.99 Å². The Morgan fingerprint density at radius 1 is 1.53 bits per heavy atom. The average Bonchev–Trinajstić information content (AvgIpc) is 2.81. The number of hydrogen-bond acceptors (Lipinski definition) is 5. The van der Waals surface area contributed by atoms with Crippen molar-refractivity contribution in [3.63, 3.8) is 0 Å². The highest BCUT2D eigenvalue weighted by Gasteiger charge is 2.13. The van der Waals surface area contributed by atoms with Gasteiger partial charge in [-0.2, -0.15) is 4.98 Å². The van der Waals surface area contributed by atoms with Crippen molar-refractivity contribution in [3.05, 3.63) is 18.1 Å². The van der Waals surface area contributed by atoms with Crippen molar-refractivity contribution >= 4 is 11.5 Å². The van der Waals surface area contributed by atoms with E-state index in [1.807, 2.05) is 6.92 Å². The molecule has 0 aliphatic heterocycles. The highest BCUT2D eigenvalue weighted by Crippen LogP contribution is 2.18. The first-order valence-corrected chi connectivity index (χ1v) is 6.39. The van der Waals surface area contributed by atoms with Gasteiger partial charge in [0.15, 0.2) is 5.82 Å². The van der Waals surface area contributed by atoms with Crippen molar-refractivity contribution in [3.8, 4) is 6.01 Å². The zero-order chi connectivity index (χ0) is 14.3. The fraction of sp³-hybridized carbons (Fsp3) is 0.538. The molecule has 0 fully saturated rings. The number of anilines is 1. The quantitative estimate of drug-likeness (QED) is 0.497. The van der Waals surface area contributed by atoms with Gasteiger partial charge in [0.2, 0.25) is 0 Å². The number of aromatic nitrogens is 2. The topological polar surface area (TPSA) is 74.3 Å². The molecule has 0 spiro atoms. The normalized spacial score (nSPS) is 11.3. The Labute approximate surface area is 114 Å². The first kappa shape index (κ1) is 15.1. The van der Waals surface area contributed by atoms with Crippen LogP contribution in [0.2, 0.25) is 0 Å². The van der Waals surface area contributed by atoms with Crippen LogP contribution >= 0.6 is 0 Å². The van der Waals surface area contributed by atoms with Gasteiger partial charge in [-0.3, -0.25) is 4.99 Å². The fourth-order valence-corrected chi connectivity index (χ4v) is 1.52. The maximum Gasteiger partial charge on any atom is 0.295 e. The van der Waals surface area contributed by atoms with E-state index in [2.05, 4.69) is 39.1 Å². The number of H-pyrrole nitrogens is 1. The second kappa shape index (κ2) is 7.45. The highest BCUT2D eigenvalue weighted by atomic mass is 16.5. The van der Waals surface area contributed by atoms with Gasteiger partial charge in [0, 0.05) is 13.6 Å². The van der Waals surface area contributed by atoms with Crippen molar-refractivity contribution in [1.82, 2.24) is 15.3 Å². The highest BCUT2D eigenvalue weighted by molar-refractivity contribution is 6.01. The molecule has 1 rings (SSSR count). The van der Waals surface area contributed by atoms with E-state index in [4.69, 9.17) is 4.74 Å². The molecule has 0 radical (unpaired) electrons. The maximum absolute atomic E-state index is 5.10. The third-order valence-corrected chi connectivity index (χ3v) is 2.71. The summed E-state index contributed by atoms with van der Waals surface area (Å²) in [6.45, 7) is 8.87. The van der Waals surface area contributed by atoms with E-state index in [0.29, 0.717) is 17.6 Å². The summed E-state index contributed by atoms with van der Waals surface area (Å²) in [6.07, 6.45) is 2.25. The minimum absolute atomic E-state index is 0.446. The number of unbranched alkanes of at least 4 members (excludes halogenated alkanes) is 1. The van der Waals surface area contributed by atoms with Gasteiger partial charge < -0.3 is 20.4 Å². The van der Waals surface area contributed by atoms with E-state index in [-0.39, 0.29) is 0 Å². The summed E-state index contributed by atoms with van der Waals surface area (Å²) in [7, 11) is 3.31. The number of methoxy groups -OCH3 is 1. The smallest absolute Gasteiger partial charge is 0.295 e. The van der Waals surface area contributed by atoms with Crippen LogP contribution in [0.15, 0.2) is 17.4 Å². The molecule has 1 aromatic rings. The molecular weight excluding hydrogens is 242 g/mol. The molecule has 6 nitrogen and oxygen atoms in total. The summed E-state index contributed by atoms with van der Waals surface area (Å²) in [5.41, 5.74) is 1.65. The SMILES string of the molecule is C=C(NCCCC)Nc1nc(OC)[nH]c1C(C)=NC. The predicted octanol–water partition coefficient (Wildman–Crippen LogP) is 2.13. The molecule has 0 saturated heterocycles. The standard InChI is InChI=1S/C13H23N5O/c1-6-7-8-15-10(3)16-12-11(9(2)14-4)17-13(18-12)19-5/h15-16H,3,6-8H2,1-2,4-5H3,(H,17,18). The van der Waals surface area contributed by atoms with Crippen molar-refractivity contribution in [2.75, 3.05) is 26.0 Å². The number of nitrogens with zero attached hydrogens (tertiary/aromatic N) is 2. The molecule has 19 heavy (non-hydrogen) atoms. The third kappa shape index (κ3) is 4.31. The number of rotatable bonds is 8. The van der Waals surface area contributed by atoms with E-state index in [9.17, 15) is 0 Å². The monoisotopic (exact) mass is 265 g/mol. The van der Waals surface area contributed by atoms with Gasteiger partial charge in [-0.05, 0) is 13.3 Å². The van der Waals surface area contributed by atoms with Crippen molar-refractivity contribution in [2.45, 2.75) is 26.7 Å². The second-order valence-electron chi connectivity index (χ2n) is 4.16. The maximum atomic E-state index is 5.10. The lowest BCUT2D eigenvalue weighted by Gasteiger charge is -2.10. The van der Waals surface area contributed by atoms with Crippen LogP contribution in [0, 0.1) is 0 Å². The average molecular weight is 265 g/mol. The summed E-state index contributed by atoms with van der Waals surface area (Å²) < 4.78 is 5.10. The molecule has 0 aliphatic carbocycles. The van der Waals surface area contributed by atoms with Crippen LogP contribution in [-0.4, -0.2) is 36.4 Å². The lowest BCUT2D eigenvalue weighted by Crippen LogP contribution is -2.20. The fourth-order valence-electron chi connectivity index (χ4n) is 1.52. The Morgan fingerprint density at radius 3 is 2.84 bits per heavy atom. The van der Waals surface area contributed by atoms with Crippen LogP contribution in [0.1, 0.15) is 32.4 Å². The van der Waals surface area contributed by atoms with Gasteiger partial charge in [0.1, 0.15) is 5.69 Å². The molecular formula is C13H23N5O. The summed E-state index contributed by atoms with van der Waals surface area (Å²) in [5.74, 6) is 1.38. The van der Waals surface area contributed by atoms with Crippen LogP contribution in [0.4, 0.5) is 5.82 Å². The largest absolute Gasteiger partial charge is 0.468 e. The molecule has 1 aromatic heterocycles. The lowest BCUT2D eigenvalue weighted by molar-refractivity contribution is 0.384. The Bertz CT molecular complexity index is 450. The number of imidazole rings is 1. The third-order valence-electron chi connectivity index (χ3n) is 2.71. The molecule has 0 aliphatic rings. The Balaban J connectivity index is 2.76. The molecule has 0 unspecified atom stereocenters. The first-order chi connectivity index (χ1) is 9.12. The van der Waals surface area contributed by atoms with Crippen LogP contribution in [0.5, 0.6) is 6.01 Å². The predicted molar refractivity (Wildman–Crippen MR) is 78.9 cm³/mol. The second-order valence-corrected chi connectivity index (χ2v) is 4.16. The van der Waals surface area contributed by atoms with Gasteiger partial charge in [-0.25, -0.2) is 0 Å². The van der Waals surface area contributed by atoms with Gasteiger partial charge in [-0.15, -0.1) is 0 Å². The summed E-state index contributed by atoms with van der Waals surface area (Å²) in [4.78, 5) is 11.5. The molecule has 0 saturated carbocycles. The van der Waals surface area contributed by atoms with Crippen LogP contribution in [-0.2, 0) is 0 Å². The molecule has 6 heteroatoms. The van der Waals surface area contributed by atoms with Gasteiger partial charge in [-0.1, -0.05) is 19.9 Å². The Morgan fingerprint density at radius 2 is 2.26 bits per heavy atom. The zero-order valence-electron chi connectivity index (χ0n) is 12.1. The summed E-state index contributed by atoms with van der Waals surface area (Å²) in [6, 6.07) is 0.446. The van der Waals surface area contributed by atoms with E-state index in [1.165, 1.54) is 0 Å². The number of hydrogen-bond donors (Lipinski definition) is 3. The zero-order valence-corrected chi connectivity index (χ0v) is 12.1. The minimum Gasteiger partial charge on any atom is -0.468 e. The van der Waals surface area contributed by atoms with E-state index in [1.54, 1.807) is 14.2 Å². The Hall–Kier alpha value is -1.98. The van der Waals surface area contributed by atoms with E-state index < -0.39 is 0 Å². The van der Waals surface area contributed by atoms with Crippen LogP contribution in [0.3, 0.4) is 0 Å². The number of nitrogens with one attached hydrogen (secondary N) is 3. The number of ether oxygens (including phenoxy) is 1. The van der Waals surface area contributed by atoms with Crippen LogP contribution < -0.4 is 15.4 Å². The molecule has 3 N–H and O–H groups in total. The minimum atomic E-state index is 0.446. The summed E-state index contributed by atoms with van der Waals surface area (Å²) in [5, 5.41) is 6.33.